The van der Waals surface area contributed by atoms with Crippen LogP contribution in [0, 0.1) is 0 Å². The molecule has 0 aliphatic heterocycles. The molecule has 1 atom stereocenters. The number of amides is 1. The van der Waals surface area contributed by atoms with Crippen molar-refractivity contribution in [3.63, 3.8) is 0 Å². The van der Waals surface area contributed by atoms with Gasteiger partial charge in [-0.15, -0.1) is 10.2 Å². The molecule has 1 amide bonds. The summed E-state index contributed by atoms with van der Waals surface area (Å²) in [6, 6.07) is 1.35. The standard InChI is InChI=1S/C11H13BrN6O/c1-6(10-17-15-5-18(10)2)16-11(19)8-3-7(12)4-14-9(8)13/h3-6H,1-2H3,(H2,13,14)(H,16,19). The first-order chi connectivity index (χ1) is 8.99. The Morgan fingerprint density at radius 2 is 2.32 bits per heavy atom. The van der Waals surface area contributed by atoms with Crippen LogP contribution in [0.1, 0.15) is 29.1 Å². The van der Waals surface area contributed by atoms with E-state index in [9.17, 15) is 4.79 Å². The van der Waals surface area contributed by atoms with E-state index >= 15 is 0 Å². The van der Waals surface area contributed by atoms with Gasteiger partial charge in [-0.05, 0) is 28.9 Å². The first kappa shape index (κ1) is 13.5. The number of nitrogens with one attached hydrogen (secondary N) is 1. The predicted octanol–water partition coefficient (Wildman–Crippen LogP) is 1.05. The van der Waals surface area contributed by atoms with E-state index in [1.807, 2.05) is 14.0 Å². The smallest absolute Gasteiger partial charge is 0.255 e. The largest absolute Gasteiger partial charge is 0.383 e. The van der Waals surface area contributed by atoms with Gasteiger partial charge in [0.15, 0.2) is 5.82 Å². The number of halogens is 1. The summed E-state index contributed by atoms with van der Waals surface area (Å²) in [5, 5.41) is 10.5. The highest BCUT2D eigenvalue weighted by atomic mass is 79.9. The number of hydrogen-bond donors (Lipinski definition) is 2. The van der Waals surface area contributed by atoms with Crippen molar-refractivity contribution >= 4 is 27.7 Å². The van der Waals surface area contributed by atoms with Gasteiger partial charge in [-0.2, -0.15) is 0 Å². The van der Waals surface area contributed by atoms with E-state index in [-0.39, 0.29) is 17.8 Å². The maximum absolute atomic E-state index is 12.1. The fourth-order valence-corrected chi connectivity index (χ4v) is 1.99. The maximum atomic E-state index is 12.1. The third kappa shape index (κ3) is 2.90. The van der Waals surface area contributed by atoms with Crippen molar-refractivity contribution in [3.8, 4) is 0 Å². The molecular formula is C11H13BrN6O. The highest BCUT2D eigenvalue weighted by Gasteiger charge is 2.17. The molecule has 2 aromatic rings. The van der Waals surface area contributed by atoms with Gasteiger partial charge in [-0.3, -0.25) is 4.79 Å². The van der Waals surface area contributed by atoms with Crippen LogP contribution in [0.15, 0.2) is 23.1 Å². The summed E-state index contributed by atoms with van der Waals surface area (Å²) in [4.78, 5) is 16.0. The summed E-state index contributed by atoms with van der Waals surface area (Å²) >= 11 is 3.26. The van der Waals surface area contributed by atoms with E-state index in [0.717, 1.165) is 0 Å². The van der Waals surface area contributed by atoms with Gasteiger partial charge in [0.2, 0.25) is 0 Å². The number of hydrogen-bond acceptors (Lipinski definition) is 5. The Bertz CT molecular complexity index is 611. The van der Waals surface area contributed by atoms with E-state index < -0.39 is 0 Å². The zero-order valence-corrected chi connectivity index (χ0v) is 12.0. The number of anilines is 1. The SMILES string of the molecule is CC(NC(=O)c1cc(Br)cnc1N)c1nncn1C. The minimum atomic E-state index is -0.304. The Balaban J connectivity index is 2.17. The zero-order valence-electron chi connectivity index (χ0n) is 10.5. The molecule has 100 valence electrons. The number of carbonyl (C=O) groups is 1. The lowest BCUT2D eigenvalue weighted by atomic mass is 10.2. The predicted molar refractivity (Wildman–Crippen MR) is 73.2 cm³/mol. The Labute approximate surface area is 118 Å². The number of nitrogens with two attached hydrogens (primary N) is 1. The normalized spacial score (nSPS) is 12.2. The fourth-order valence-electron chi connectivity index (χ4n) is 1.65. The van der Waals surface area contributed by atoms with Gasteiger partial charge in [0, 0.05) is 17.7 Å². The van der Waals surface area contributed by atoms with Crippen molar-refractivity contribution in [2.24, 2.45) is 7.05 Å². The van der Waals surface area contributed by atoms with Gasteiger partial charge in [0.1, 0.15) is 12.1 Å². The van der Waals surface area contributed by atoms with Crippen molar-refractivity contribution < 1.29 is 4.79 Å². The average molecular weight is 325 g/mol. The first-order valence-corrected chi connectivity index (χ1v) is 6.34. The summed E-state index contributed by atoms with van der Waals surface area (Å²) in [7, 11) is 1.81. The van der Waals surface area contributed by atoms with Gasteiger partial charge in [0.25, 0.3) is 5.91 Å². The summed E-state index contributed by atoms with van der Waals surface area (Å²) in [5.74, 6) is 0.544. The second kappa shape index (κ2) is 5.35. The van der Waals surface area contributed by atoms with Crippen LogP contribution in [0.5, 0.6) is 0 Å². The quantitative estimate of drug-likeness (QED) is 0.879. The van der Waals surface area contributed by atoms with Crippen LogP contribution >= 0.6 is 15.9 Å². The summed E-state index contributed by atoms with van der Waals surface area (Å²) in [6.07, 6.45) is 3.12. The van der Waals surface area contributed by atoms with Crippen LogP contribution in [-0.2, 0) is 7.05 Å². The van der Waals surface area contributed by atoms with Crippen LogP contribution < -0.4 is 11.1 Å². The highest BCUT2D eigenvalue weighted by Crippen LogP contribution is 2.17. The number of aromatic nitrogens is 4. The van der Waals surface area contributed by atoms with Gasteiger partial charge < -0.3 is 15.6 Å². The molecule has 0 saturated carbocycles. The summed E-state index contributed by atoms with van der Waals surface area (Å²) in [6.45, 7) is 1.82. The monoisotopic (exact) mass is 324 g/mol. The van der Waals surface area contributed by atoms with Crippen LogP contribution in [0.4, 0.5) is 5.82 Å². The molecule has 2 aromatic heterocycles. The molecule has 19 heavy (non-hydrogen) atoms. The minimum absolute atomic E-state index is 0.186. The van der Waals surface area contributed by atoms with E-state index in [4.69, 9.17) is 5.73 Å². The van der Waals surface area contributed by atoms with Gasteiger partial charge in [0.05, 0.1) is 11.6 Å². The van der Waals surface area contributed by atoms with Crippen LogP contribution in [0.2, 0.25) is 0 Å². The first-order valence-electron chi connectivity index (χ1n) is 5.55. The summed E-state index contributed by atoms with van der Waals surface area (Å²) < 4.78 is 2.44. The van der Waals surface area contributed by atoms with Crippen molar-refractivity contribution in [2.45, 2.75) is 13.0 Å². The molecule has 0 fully saturated rings. The lowest BCUT2D eigenvalue weighted by Crippen LogP contribution is -2.29. The van der Waals surface area contributed by atoms with E-state index in [0.29, 0.717) is 15.9 Å². The number of rotatable bonds is 3. The molecule has 2 heterocycles. The number of aryl methyl sites for hydroxylation is 1. The zero-order chi connectivity index (χ0) is 14.0. The molecule has 0 saturated heterocycles. The molecule has 3 N–H and O–H groups in total. The third-order valence-electron chi connectivity index (χ3n) is 2.61. The number of nitrogen functional groups attached to an aromatic ring is 1. The van der Waals surface area contributed by atoms with E-state index in [1.54, 1.807) is 17.0 Å². The van der Waals surface area contributed by atoms with Crippen LogP contribution in [0.3, 0.4) is 0 Å². The molecular weight excluding hydrogens is 312 g/mol. The number of carbonyl (C=O) groups excluding carboxylic acids is 1. The molecule has 2 rings (SSSR count). The van der Waals surface area contributed by atoms with Crippen molar-refractivity contribution in [2.75, 3.05) is 5.73 Å². The Morgan fingerprint density at radius 1 is 1.58 bits per heavy atom. The minimum Gasteiger partial charge on any atom is -0.383 e. The lowest BCUT2D eigenvalue weighted by Gasteiger charge is -2.13. The molecule has 0 radical (unpaired) electrons. The third-order valence-corrected chi connectivity index (χ3v) is 3.04. The maximum Gasteiger partial charge on any atom is 0.255 e. The average Bonchev–Trinajstić information content (AvgIpc) is 2.78. The molecule has 0 aliphatic carbocycles. The second-order valence-corrected chi connectivity index (χ2v) is 5.00. The van der Waals surface area contributed by atoms with Gasteiger partial charge >= 0.3 is 0 Å². The fraction of sp³-hybridized carbons (Fsp3) is 0.273. The van der Waals surface area contributed by atoms with E-state index in [2.05, 4.69) is 36.4 Å². The topological polar surface area (TPSA) is 98.7 Å². The lowest BCUT2D eigenvalue weighted by molar-refractivity contribution is 0.0938. The Hall–Kier alpha value is -1.96. The molecule has 0 spiro atoms. The Morgan fingerprint density at radius 3 is 2.95 bits per heavy atom. The second-order valence-electron chi connectivity index (χ2n) is 4.08. The molecule has 0 aromatic carbocycles. The van der Waals surface area contributed by atoms with Crippen molar-refractivity contribution in [1.82, 2.24) is 25.1 Å². The number of pyridine rings is 1. The molecule has 8 heteroatoms. The molecule has 0 aliphatic rings. The highest BCUT2D eigenvalue weighted by molar-refractivity contribution is 9.10. The van der Waals surface area contributed by atoms with Crippen molar-refractivity contribution in [1.29, 1.82) is 0 Å². The van der Waals surface area contributed by atoms with Crippen LogP contribution in [-0.4, -0.2) is 25.7 Å². The van der Waals surface area contributed by atoms with Crippen molar-refractivity contribution in [3.05, 3.63) is 34.5 Å². The Kier molecular flexibility index (Phi) is 3.79. The van der Waals surface area contributed by atoms with Gasteiger partial charge in [-0.25, -0.2) is 4.98 Å². The number of nitrogens with zero attached hydrogens (tertiary/aromatic N) is 4. The van der Waals surface area contributed by atoms with Gasteiger partial charge in [-0.1, -0.05) is 0 Å². The molecule has 1 unspecified atom stereocenters. The molecule has 7 nitrogen and oxygen atoms in total. The van der Waals surface area contributed by atoms with Crippen LogP contribution in [0.25, 0.3) is 0 Å². The molecule has 0 bridgehead atoms. The van der Waals surface area contributed by atoms with E-state index in [1.165, 1.54) is 6.20 Å². The summed E-state index contributed by atoms with van der Waals surface area (Å²) in [5.41, 5.74) is 6.01.